The van der Waals surface area contributed by atoms with Crippen molar-refractivity contribution in [3.63, 3.8) is 0 Å². The van der Waals surface area contributed by atoms with Crippen LogP contribution in [0.15, 0.2) is 42.0 Å². The second-order valence-electron chi connectivity index (χ2n) is 15.1. The Balaban J connectivity index is 1.34. The number of ketones is 1. The Bertz CT molecular complexity index is 1270. The second kappa shape index (κ2) is 11.4. The lowest BCUT2D eigenvalue weighted by atomic mass is 9.46. The molecule has 0 heterocycles. The normalized spacial score (nSPS) is 36.8. The first-order valence-electron chi connectivity index (χ1n) is 16.2. The number of hydrogen-bond acceptors (Lipinski definition) is 7. The largest absolute Gasteiger partial charge is 0.462 e. The zero-order valence-corrected chi connectivity index (χ0v) is 26.7. The molecule has 9 atom stereocenters. The lowest BCUT2D eigenvalue weighted by Gasteiger charge is -2.59. The Kier molecular flexibility index (Phi) is 8.49. The van der Waals surface area contributed by atoms with Crippen LogP contribution in [0.4, 0.5) is 0 Å². The molecule has 0 saturated heterocycles. The zero-order chi connectivity index (χ0) is 31.4. The number of benzene rings is 1. The van der Waals surface area contributed by atoms with Crippen LogP contribution in [-0.4, -0.2) is 51.3 Å². The van der Waals surface area contributed by atoms with E-state index in [9.17, 15) is 24.6 Å². The molecule has 3 unspecified atom stereocenters. The molecule has 4 aliphatic rings. The van der Waals surface area contributed by atoms with Crippen LogP contribution in [0.2, 0.25) is 0 Å². The first kappa shape index (κ1) is 31.9. The van der Waals surface area contributed by atoms with Crippen LogP contribution in [0, 0.1) is 34.5 Å². The Morgan fingerprint density at radius 1 is 1.05 bits per heavy atom. The predicted molar refractivity (Wildman–Crippen MR) is 163 cm³/mol. The molecule has 236 valence electrons. The van der Waals surface area contributed by atoms with Crippen molar-refractivity contribution >= 4 is 17.7 Å². The molecule has 1 aromatic rings. The minimum Gasteiger partial charge on any atom is -0.462 e. The lowest BCUT2D eigenvalue weighted by molar-refractivity contribution is -0.156. The number of ether oxygens (including phenoxy) is 2. The fourth-order valence-corrected chi connectivity index (χ4v) is 9.53. The number of carbonyl (C=O) groups excluding carboxylic acids is 3. The summed E-state index contributed by atoms with van der Waals surface area (Å²) in [4.78, 5) is 38.5. The van der Waals surface area contributed by atoms with Gasteiger partial charge >= 0.3 is 11.9 Å². The highest BCUT2D eigenvalue weighted by molar-refractivity contribution is 5.95. The monoisotopic (exact) mass is 594 g/mol. The predicted octanol–water partition coefficient (Wildman–Crippen LogP) is 6.20. The Morgan fingerprint density at radius 2 is 1.74 bits per heavy atom. The van der Waals surface area contributed by atoms with Gasteiger partial charge in [-0.05, 0) is 119 Å². The van der Waals surface area contributed by atoms with Crippen molar-refractivity contribution in [1.29, 1.82) is 0 Å². The highest BCUT2D eigenvalue weighted by Crippen LogP contribution is 2.68. The van der Waals surface area contributed by atoms with Crippen LogP contribution in [0.25, 0.3) is 0 Å². The maximum Gasteiger partial charge on any atom is 0.338 e. The minimum absolute atomic E-state index is 0.0479. The van der Waals surface area contributed by atoms with Gasteiger partial charge in [-0.15, -0.1) is 0 Å². The van der Waals surface area contributed by atoms with Crippen LogP contribution in [-0.2, 0) is 19.1 Å². The summed E-state index contributed by atoms with van der Waals surface area (Å²) in [5.41, 5.74) is -1.19. The molecule has 3 fully saturated rings. The maximum absolute atomic E-state index is 13.5. The fraction of sp³-hybridized carbons (Fsp3) is 0.694. The van der Waals surface area contributed by atoms with Crippen molar-refractivity contribution < 1.29 is 34.1 Å². The Hall–Kier alpha value is -2.51. The summed E-state index contributed by atoms with van der Waals surface area (Å²) >= 11 is 0. The minimum atomic E-state index is -1.10. The highest BCUT2D eigenvalue weighted by Gasteiger charge is 2.66. The smallest absolute Gasteiger partial charge is 0.338 e. The van der Waals surface area contributed by atoms with Gasteiger partial charge < -0.3 is 19.7 Å². The van der Waals surface area contributed by atoms with Crippen molar-refractivity contribution in [2.45, 2.75) is 123 Å². The van der Waals surface area contributed by atoms with Gasteiger partial charge in [-0.3, -0.25) is 9.59 Å². The van der Waals surface area contributed by atoms with Gasteiger partial charge in [-0.2, -0.15) is 0 Å². The van der Waals surface area contributed by atoms with Gasteiger partial charge in [0, 0.05) is 18.3 Å². The van der Waals surface area contributed by atoms with E-state index in [1.54, 1.807) is 30.3 Å². The third kappa shape index (κ3) is 5.61. The number of esters is 2. The van der Waals surface area contributed by atoms with Crippen molar-refractivity contribution in [1.82, 2.24) is 0 Å². The van der Waals surface area contributed by atoms with Crippen molar-refractivity contribution in [3.05, 3.63) is 47.5 Å². The number of allylic oxidation sites excluding steroid dienone is 1. The van der Waals surface area contributed by atoms with E-state index in [0.717, 1.165) is 31.3 Å². The van der Waals surface area contributed by atoms with E-state index in [1.807, 2.05) is 19.9 Å². The highest BCUT2D eigenvalue weighted by atomic mass is 16.6. The molecule has 1 aromatic carbocycles. The average molecular weight is 595 g/mol. The van der Waals surface area contributed by atoms with Gasteiger partial charge in [-0.1, -0.05) is 39.0 Å². The van der Waals surface area contributed by atoms with E-state index < -0.39 is 28.8 Å². The molecule has 2 N–H and O–H groups in total. The standard InChI is InChI=1S/C36H50O7/c1-22(31(42-23(2)37)15-16-33(3,4)43-32(40)24-10-8-7-9-11-24)26-14-19-36(41)28-21-30(39)29-20-25(38)12-17-34(29,5)27(28)13-18-35(26,36)6/h7-11,21-22,25-27,29,31,38,41H,12-20H2,1-6H3/t22-,25?,26+,27-,29?,31?,34+,35+,36+/m0/s1. The summed E-state index contributed by atoms with van der Waals surface area (Å²) in [5.74, 6) is -0.725. The third-order valence-corrected chi connectivity index (χ3v) is 12.1. The van der Waals surface area contributed by atoms with E-state index in [-0.39, 0.29) is 46.8 Å². The number of aliphatic hydroxyl groups excluding tert-OH is 1. The number of hydrogen-bond donors (Lipinski definition) is 2. The summed E-state index contributed by atoms with van der Waals surface area (Å²) in [6.45, 7) is 11.7. The molecular weight excluding hydrogens is 544 g/mol. The molecule has 7 nitrogen and oxygen atoms in total. The molecule has 5 rings (SSSR count). The zero-order valence-electron chi connectivity index (χ0n) is 26.7. The number of rotatable bonds is 8. The lowest BCUT2D eigenvalue weighted by Crippen LogP contribution is -2.59. The molecule has 43 heavy (non-hydrogen) atoms. The number of aliphatic hydroxyl groups is 2. The molecule has 7 heteroatoms. The van der Waals surface area contributed by atoms with E-state index in [2.05, 4.69) is 20.8 Å². The number of fused-ring (bicyclic) bond motifs is 5. The summed E-state index contributed by atoms with van der Waals surface area (Å²) in [5, 5.41) is 22.9. The molecule has 0 spiro atoms. The average Bonchev–Trinajstić information content (AvgIpc) is 3.23. The summed E-state index contributed by atoms with van der Waals surface area (Å²) in [6.07, 6.45) is 6.99. The van der Waals surface area contributed by atoms with E-state index >= 15 is 0 Å². The SMILES string of the molecule is CC(=O)OC(CCC(C)(C)OC(=O)c1ccccc1)[C@@H](C)[C@H]1CC[C@@]2(O)C3=CC(=O)C4CC(O)CC[C@]4(C)[C@H]3CC[C@]12C. The molecule has 3 saturated carbocycles. The fourth-order valence-electron chi connectivity index (χ4n) is 9.53. The van der Waals surface area contributed by atoms with Gasteiger partial charge in [0.05, 0.1) is 17.3 Å². The molecule has 4 aliphatic carbocycles. The van der Waals surface area contributed by atoms with Crippen LogP contribution in [0.3, 0.4) is 0 Å². The van der Waals surface area contributed by atoms with Gasteiger partial charge in [0.1, 0.15) is 11.7 Å². The van der Waals surface area contributed by atoms with Gasteiger partial charge in [-0.25, -0.2) is 4.79 Å². The Labute approximate surface area is 256 Å². The second-order valence-corrected chi connectivity index (χ2v) is 15.1. The molecule has 0 radical (unpaired) electrons. The number of carbonyl (C=O) groups is 3. The third-order valence-electron chi connectivity index (χ3n) is 12.1. The first-order chi connectivity index (χ1) is 20.1. The van der Waals surface area contributed by atoms with Crippen molar-refractivity contribution in [2.24, 2.45) is 34.5 Å². The van der Waals surface area contributed by atoms with Crippen molar-refractivity contribution in [3.8, 4) is 0 Å². The topological polar surface area (TPSA) is 110 Å². The summed E-state index contributed by atoms with van der Waals surface area (Å²) in [6, 6.07) is 8.91. The summed E-state index contributed by atoms with van der Waals surface area (Å²) < 4.78 is 11.8. The van der Waals surface area contributed by atoms with E-state index in [0.29, 0.717) is 37.7 Å². The maximum atomic E-state index is 13.5. The van der Waals surface area contributed by atoms with Crippen LogP contribution < -0.4 is 0 Å². The first-order valence-corrected chi connectivity index (χ1v) is 16.2. The van der Waals surface area contributed by atoms with Crippen LogP contribution in [0.1, 0.15) is 110 Å². The molecule has 0 aromatic heterocycles. The molecular formula is C36H50O7. The van der Waals surface area contributed by atoms with Gasteiger partial charge in [0.15, 0.2) is 5.78 Å². The Morgan fingerprint density at radius 3 is 2.42 bits per heavy atom. The van der Waals surface area contributed by atoms with Crippen molar-refractivity contribution in [2.75, 3.05) is 0 Å². The van der Waals surface area contributed by atoms with Crippen LogP contribution in [0.5, 0.6) is 0 Å². The molecule has 0 amide bonds. The van der Waals surface area contributed by atoms with Gasteiger partial charge in [0.25, 0.3) is 0 Å². The quantitative estimate of drug-likeness (QED) is 0.345. The molecule has 0 bridgehead atoms. The van der Waals surface area contributed by atoms with E-state index in [1.165, 1.54) is 6.92 Å². The summed E-state index contributed by atoms with van der Waals surface area (Å²) in [7, 11) is 0. The molecule has 0 aliphatic heterocycles. The van der Waals surface area contributed by atoms with Gasteiger partial charge in [0.2, 0.25) is 0 Å². The van der Waals surface area contributed by atoms with Crippen LogP contribution >= 0.6 is 0 Å². The van der Waals surface area contributed by atoms with E-state index in [4.69, 9.17) is 9.47 Å².